The summed E-state index contributed by atoms with van der Waals surface area (Å²) in [5.74, 6) is 0.574. The molecule has 1 rings (SSSR count). The fourth-order valence-electron chi connectivity index (χ4n) is 1.79. The Morgan fingerprint density at radius 3 is 2.50 bits per heavy atom. The SMILES string of the molecule is CC[C@H](CO)NCCC(C)c1ccccc1. The number of hydrogen-bond donors (Lipinski definition) is 2. The maximum atomic E-state index is 9.05. The first-order valence-corrected chi connectivity index (χ1v) is 6.17. The molecule has 0 spiro atoms. The Kier molecular flexibility index (Phi) is 6.12. The zero-order valence-electron chi connectivity index (χ0n) is 10.3. The molecule has 1 unspecified atom stereocenters. The molecule has 0 saturated heterocycles. The Hall–Kier alpha value is -0.860. The number of aliphatic hydroxyl groups is 1. The maximum absolute atomic E-state index is 9.05. The molecule has 2 atom stereocenters. The number of aliphatic hydroxyl groups excluding tert-OH is 1. The molecule has 1 aromatic carbocycles. The molecule has 0 aliphatic heterocycles. The van der Waals surface area contributed by atoms with E-state index in [-0.39, 0.29) is 12.6 Å². The minimum absolute atomic E-state index is 0.232. The molecule has 16 heavy (non-hydrogen) atoms. The standard InChI is InChI=1S/C14H23NO/c1-3-14(11-16)15-10-9-12(2)13-7-5-4-6-8-13/h4-8,12,14-16H,3,9-11H2,1-2H3/t12?,14-/m1/s1. The zero-order chi connectivity index (χ0) is 11.8. The van der Waals surface area contributed by atoms with E-state index < -0.39 is 0 Å². The summed E-state index contributed by atoms with van der Waals surface area (Å²) in [5.41, 5.74) is 1.39. The van der Waals surface area contributed by atoms with Crippen molar-refractivity contribution in [3.8, 4) is 0 Å². The molecule has 0 aliphatic rings. The molecule has 0 heterocycles. The molecule has 1 aromatic rings. The van der Waals surface area contributed by atoms with Crippen molar-refractivity contribution in [3.05, 3.63) is 35.9 Å². The van der Waals surface area contributed by atoms with Crippen LogP contribution in [0.1, 0.15) is 38.2 Å². The van der Waals surface area contributed by atoms with Crippen molar-refractivity contribution in [3.63, 3.8) is 0 Å². The van der Waals surface area contributed by atoms with Crippen molar-refractivity contribution in [2.45, 2.75) is 38.6 Å². The molecule has 2 nitrogen and oxygen atoms in total. The van der Waals surface area contributed by atoms with Crippen molar-refractivity contribution >= 4 is 0 Å². The Bertz CT molecular complexity index is 269. The van der Waals surface area contributed by atoms with Gasteiger partial charge in [-0.05, 0) is 30.9 Å². The summed E-state index contributed by atoms with van der Waals surface area (Å²) in [4.78, 5) is 0. The lowest BCUT2D eigenvalue weighted by Gasteiger charge is -2.16. The lowest BCUT2D eigenvalue weighted by atomic mass is 9.98. The fraction of sp³-hybridized carbons (Fsp3) is 0.571. The van der Waals surface area contributed by atoms with Gasteiger partial charge in [-0.3, -0.25) is 0 Å². The second-order valence-electron chi connectivity index (χ2n) is 4.34. The van der Waals surface area contributed by atoms with Gasteiger partial charge in [0.15, 0.2) is 0 Å². The van der Waals surface area contributed by atoms with E-state index in [9.17, 15) is 0 Å². The van der Waals surface area contributed by atoms with E-state index >= 15 is 0 Å². The third-order valence-electron chi connectivity index (χ3n) is 3.09. The van der Waals surface area contributed by atoms with Gasteiger partial charge in [0, 0.05) is 6.04 Å². The molecular weight excluding hydrogens is 198 g/mol. The Balaban J connectivity index is 2.28. The van der Waals surface area contributed by atoms with Crippen LogP contribution in [-0.2, 0) is 0 Å². The average Bonchev–Trinajstić information content (AvgIpc) is 2.35. The van der Waals surface area contributed by atoms with Crippen molar-refractivity contribution < 1.29 is 5.11 Å². The molecule has 0 aromatic heterocycles. The van der Waals surface area contributed by atoms with Crippen LogP contribution in [0.5, 0.6) is 0 Å². The van der Waals surface area contributed by atoms with E-state index in [1.807, 2.05) is 6.07 Å². The van der Waals surface area contributed by atoms with E-state index in [2.05, 4.69) is 43.4 Å². The van der Waals surface area contributed by atoms with Gasteiger partial charge in [-0.2, -0.15) is 0 Å². The van der Waals surface area contributed by atoms with Crippen LogP contribution in [0.15, 0.2) is 30.3 Å². The predicted octanol–water partition coefficient (Wildman–Crippen LogP) is 2.54. The minimum atomic E-state index is 0.232. The van der Waals surface area contributed by atoms with E-state index in [0.29, 0.717) is 5.92 Å². The van der Waals surface area contributed by atoms with Crippen LogP contribution in [0, 0.1) is 0 Å². The van der Waals surface area contributed by atoms with Crippen LogP contribution in [0.4, 0.5) is 0 Å². The van der Waals surface area contributed by atoms with E-state index in [1.54, 1.807) is 0 Å². The summed E-state index contributed by atoms with van der Waals surface area (Å²) in [6, 6.07) is 10.8. The van der Waals surface area contributed by atoms with Crippen LogP contribution in [-0.4, -0.2) is 24.3 Å². The molecule has 0 radical (unpaired) electrons. The zero-order valence-corrected chi connectivity index (χ0v) is 10.3. The first-order valence-electron chi connectivity index (χ1n) is 6.17. The summed E-state index contributed by atoms with van der Waals surface area (Å²) in [5, 5.41) is 12.4. The molecule has 2 heteroatoms. The highest BCUT2D eigenvalue weighted by Crippen LogP contribution is 2.17. The highest BCUT2D eigenvalue weighted by atomic mass is 16.3. The predicted molar refractivity (Wildman–Crippen MR) is 68.6 cm³/mol. The minimum Gasteiger partial charge on any atom is -0.395 e. The summed E-state index contributed by atoms with van der Waals surface area (Å²) in [7, 11) is 0. The van der Waals surface area contributed by atoms with Crippen molar-refractivity contribution in [1.82, 2.24) is 5.32 Å². The third-order valence-corrected chi connectivity index (χ3v) is 3.09. The number of nitrogens with one attached hydrogen (secondary N) is 1. The quantitative estimate of drug-likeness (QED) is 0.741. The van der Waals surface area contributed by atoms with Crippen LogP contribution >= 0.6 is 0 Å². The molecule has 0 saturated carbocycles. The third kappa shape index (κ3) is 4.33. The first-order chi connectivity index (χ1) is 7.77. The topological polar surface area (TPSA) is 32.3 Å². The molecule has 0 aliphatic carbocycles. The van der Waals surface area contributed by atoms with Gasteiger partial charge in [0.1, 0.15) is 0 Å². The highest BCUT2D eigenvalue weighted by molar-refractivity contribution is 5.18. The van der Waals surface area contributed by atoms with E-state index in [4.69, 9.17) is 5.11 Å². The first kappa shape index (κ1) is 13.2. The fourth-order valence-corrected chi connectivity index (χ4v) is 1.79. The molecule has 0 amide bonds. The van der Waals surface area contributed by atoms with Crippen LogP contribution < -0.4 is 5.32 Å². The highest BCUT2D eigenvalue weighted by Gasteiger charge is 2.06. The normalized spacial score (nSPS) is 14.7. The number of rotatable bonds is 7. The largest absolute Gasteiger partial charge is 0.395 e. The summed E-state index contributed by atoms with van der Waals surface area (Å²) in [6.45, 7) is 5.54. The Labute approximate surface area is 98.7 Å². The summed E-state index contributed by atoms with van der Waals surface area (Å²) in [6.07, 6.45) is 2.09. The van der Waals surface area contributed by atoms with Crippen LogP contribution in [0.3, 0.4) is 0 Å². The van der Waals surface area contributed by atoms with Crippen LogP contribution in [0.25, 0.3) is 0 Å². The Morgan fingerprint density at radius 1 is 1.25 bits per heavy atom. The smallest absolute Gasteiger partial charge is 0.0584 e. The van der Waals surface area contributed by atoms with E-state index in [0.717, 1.165) is 19.4 Å². The van der Waals surface area contributed by atoms with Gasteiger partial charge in [-0.15, -0.1) is 0 Å². The van der Waals surface area contributed by atoms with Gasteiger partial charge in [0.25, 0.3) is 0 Å². The van der Waals surface area contributed by atoms with Gasteiger partial charge in [0.2, 0.25) is 0 Å². The number of hydrogen-bond acceptors (Lipinski definition) is 2. The summed E-state index contributed by atoms with van der Waals surface area (Å²) >= 11 is 0. The lowest BCUT2D eigenvalue weighted by molar-refractivity contribution is 0.238. The monoisotopic (exact) mass is 221 g/mol. The van der Waals surface area contributed by atoms with Gasteiger partial charge >= 0.3 is 0 Å². The van der Waals surface area contributed by atoms with Gasteiger partial charge in [-0.25, -0.2) is 0 Å². The molecule has 2 N–H and O–H groups in total. The van der Waals surface area contributed by atoms with Crippen molar-refractivity contribution in [1.29, 1.82) is 0 Å². The lowest BCUT2D eigenvalue weighted by Crippen LogP contribution is -2.32. The van der Waals surface area contributed by atoms with Gasteiger partial charge in [-0.1, -0.05) is 44.2 Å². The van der Waals surface area contributed by atoms with Crippen molar-refractivity contribution in [2.75, 3.05) is 13.2 Å². The average molecular weight is 221 g/mol. The maximum Gasteiger partial charge on any atom is 0.0584 e. The Morgan fingerprint density at radius 2 is 1.94 bits per heavy atom. The second kappa shape index (κ2) is 7.42. The molecule has 0 bridgehead atoms. The molecule has 90 valence electrons. The van der Waals surface area contributed by atoms with Crippen LogP contribution in [0.2, 0.25) is 0 Å². The van der Waals surface area contributed by atoms with Gasteiger partial charge in [0.05, 0.1) is 6.61 Å². The number of benzene rings is 1. The van der Waals surface area contributed by atoms with Gasteiger partial charge < -0.3 is 10.4 Å². The van der Waals surface area contributed by atoms with E-state index in [1.165, 1.54) is 5.56 Å². The van der Waals surface area contributed by atoms with Crippen molar-refractivity contribution in [2.24, 2.45) is 0 Å². The summed E-state index contributed by atoms with van der Waals surface area (Å²) < 4.78 is 0. The molecular formula is C14H23NO. The molecule has 0 fully saturated rings. The second-order valence-corrected chi connectivity index (χ2v) is 4.34.